The minimum absolute atomic E-state index is 0.0478. The van der Waals surface area contributed by atoms with Crippen LogP contribution in [0.25, 0.3) is 22.5 Å². The quantitative estimate of drug-likeness (QED) is 0.0866. The van der Waals surface area contributed by atoms with E-state index >= 15 is 0 Å². The molecule has 284 valence electrons. The summed E-state index contributed by atoms with van der Waals surface area (Å²) in [5.41, 5.74) is 3.09. The predicted octanol–water partition coefficient (Wildman–Crippen LogP) is 6.86. The van der Waals surface area contributed by atoms with E-state index in [1.807, 2.05) is 63.2 Å². The van der Waals surface area contributed by atoms with Crippen LogP contribution in [-0.4, -0.2) is 72.0 Å². The van der Waals surface area contributed by atoms with Crippen LogP contribution < -0.4 is 15.4 Å². The summed E-state index contributed by atoms with van der Waals surface area (Å²) in [7, 11) is -3.47. The number of hydrogen-bond acceptors (Lipinski definition) is 9. The first-order chi connectivity index (χ1) is 25.1. The minimum Gasteiger partial charge on any atom is -0.494 e. The van der Waals surface area contributed by atoms with E-state index in [-0.39, 0.29) is 18.3 Å². The number of thiophene rings is 1. The number of amides is 2. The Hall–Kier alpha value is -4.62. The van der Waals surface area contributed by atoms with Crippen molar-refractivity contribution in [2.45, 2.75) is 90.1 Å². The van der Waals surface area contributed by atoms with E-state index in [9.17, 15) is 27.9 Å². The maximum Gasteiger partial charge on any atom is 0.326 e. The molecular formula is C40H50N4O7S2. The highest BCUT2D eigenvalue weighted by Crippen LogP contribution is 2.29. The molecule has 0 aliphatic heterocycles. The van der Waals surface area contributed by atoms with E-state index in [1.165, 1.54) is 37.0 Å². The molecule has 0 fully saturated rings. The molecule has 0 aliphatic rings. The molecule has 3 N–H and O–H groups in total. The summed E-state index contributed by atoms with van der Waals surface area (Å²) in [6, 6.07) is 16.1. The van der Waals surface area contributed by atoms with Crippen molar-refractivity contribution in [1.29, 1.82) is 0 Å². The number of aliphatic carboxylic acids is 1. The third-order valence-corrected chi connectivity index (χ3v) is 11.1. The lowest BCUT2D eigenvalue weighted by molar-refractivity contribution is -0.142. The molecule has 1 unspecified atom stereocenters. The third kappa shape index (κ3) is 13.1. The van der Waals surface area contributed by atoms with Crippen LogP contribution in [0.1, 0.15) is 86.3 Å². The highest BCUT2D eigenvalue weighted by Gasteiger charge is 2.29. The standard InChI is InChI=1S/C40H50N4O7S2/c1-6-7-8-9-10-22-51-31-17-15-28(16-18-31)30-25-41-36(42-26-30)29-13-11-27(12-14-29)24-33(37(45)43-32(39(47)48)21-23-53(5,49)50)44-38(46)34-19-20-35(52-34)40(2,3)4/h11-20,25-26,32-33H,6-10,21-24H2,1-5H3,(H,43,45)(H,44,46)(H,47,48)/t32?,33-/m0/s1. The van der Waals surface area contributed by atoms with Gasteiger partial charge in [-0.15, -0.1) is 11.3 Å². The Morgan fingerprint density at radius 2 is 1.47 bits per heavy atom. The zero-order valence-electron chi connectivity index (χ0n) is 31.1. The zero-order chi connectivity index (χ0) is 38.6. The van der Waals surface area contributed by atoms with Gasteiger partial charge in [0.1, 0.15) is 27.7 Å². The van der Waals surface area contributed by atoms with Crippen LogP contribution in [0, 0.1) is 0 Å². The van der Waals surface area contributed by atoms with Crippen LogP contribution in [0.15, 0.2) is 73.1 Å². The number of carboxylic acids is 1. The second-order valence-corrected chi connectivity index (χ2v) is 17.6. The largest absolute Gasteiger partial charge is 0.494 e. The Kier molecular flexibility index (Phi) is 14.7. The average Bonchev–Trinajstić information content (AvgIpc) is 3.63. The van der Waals surface area contributed by atoms with E-state index in [4.69, 9.17) is 4.74 Å². The van der Waals surface area contributed by atoms with Crippen molar-refractivity contribution in [2.75, 3.05) is 18.6 Å². The summed E-state index contributed by atoms with van der Waals surface area (Å²) >= 11 is 1.32. The molecule has 53 heavy (non-hydrogen) atoms. The number of aromatic nitrogens is 2. The molecule has 0 saturated heterocycles. The summed E-state index contributed by atoms with van der Waals surface area (Å²) in [5, 5.41) is 14.9. The topological polar surface area (TPSA) is 165 Å². The molecule has 2 atom stereocenters. The van der Waals surface area contributed by atoms with Crippen molar-refractivity contribution >= 4 is 39.0 Å². The summed E-state index contributed by atoms with van der Waals surface area (Å²) in [5.74, 6) is -1.66. The molecule has 4 rings (SSSR count). The van der Waals surface area contributed by atoms with Crippen LogP contribution in [0.3, 0.4) is 0 Å². The molecule has 4 aromatic rings. The number of unbranched alkanes of at least 4 members (excludes halogenated alkanes) is 4. The molecule has 13 heteroatoms. The second kappa shape index (κ2) is 18.9. The smallest absolute Gasteiger partial charge is 0.326 e. The van der Waals surface area contributed by atoms with E-state index in [0.29, 0.717) is 22.9 Å². The monoisotopic (exact) mass is 762 g/mol. The van der Waals surface area contributed by atoms with Crippen molar-refractivity contribution in [3.05, 3.63) is 88.4 Å². The molecule has 0 spiro atoms. The van der Waals surface area contributed by atoms with Crippen LogP contribution >= 0.6 is 11.3 Å². The summed E-state index contributed by atoms with van der Waals surface area (Å²) in [6.45, 7) is 9.01. The Bertz CT molecular complexity index is 1920. The number of sulfone groups is 1. The molecule has 2 aromatic carbocycles. The first kappa shape index (κ1) is 41.1. The fourth-order valence-corrected chi connectivity index (χ4v) is 7.09. The van der Waals surface area contributed by atoms with Gasteiger partial charge < -0.3 is 20.5 Å². The number of ether oxygens (including phenoxy) is 1. The van der Waals surface area contributed by atoms with Gasteiger partial charge >= 0.3 is 5.97 Å². The predicted molar refractivity (Wildman–Crippen MR) is 209 cm³/mol. The van der Waals surface area contributed by atoms with Crippen LogP contribution in [0.5, 0.6) is 5.75 Å². The van der Waals surface area contributed by atoms with E-state index in [1.54, 1.807) is 30.6 Å². The Morgan fingerprint density at radius 3 is 2.06 bits per heavy atom. The first-order valence-corrected chi connectivity index (χ1v) is 20.8. The minimum atomic E-state index is -3.47. The Morgan fingerprint density at radius 1 is 0.830 bits per heavy atom. The molecule has 2 amide bonds. The van der Waals surface area contributed by atoms with Gasteiger partial charge in [-0.05, 0) is 53.6 Å². The fraction of sp³-hybridized carbons (Fsp3) is 0.425. The van der Waals surface area contributed by atoms with Crippen molar-refractivity contribution < 1.29 is 32.6 Å². The van der Waals surface area contributed by atoms with Gasteiger partial charge in [-0.25, -0.2) is 23.2 Å². The maximum absolute atomic E-state index is 13.5. The van der Waals surface area contributed by atoms with Gasteiger partial charge in [-0.1, -0.05) is 89.8 Å². The van der Waals surface area contributed by atoms with Crippen LogP contribution in [-0.2, 0) is 31.3 Å². The van der Waals surface area contributed by atoms with Crippen molar-refractivity contribution in [1.82, 2.24) is 20.6 Å². The number of nitrogens with one attached hydrogen (secondary N) is 2. The van der Waals surface area contributed by atoms with Crippen LogP contribution in [0.2, 0.25) is 0 Å². The van der Waals surface area contributed by atoms with Gasteiger partial charge in [0, 0.05) is 41.1 Å². The molecule has 0 aliphatic carbocycles. The average molecular weight is 763 g/mol. The third-order valence-electron chi connectivity index (χ3n) is 8.59. The highest BCUT2D eigenvalue weighted by molar-refractivity contribution is 7.90. The van der Waals surface area contributed by atoms with Gasteiger partial charge in [0.15, 0.2) is 5.82 Å². The van der Waals surface area contributed by atoms with Gasteiger partial charge in [-0.3, -0.25) is 9.59 Å². The van der Waals surface area contributed by atoms with E-state index in [2.05, 4.69) is 27.5 Å². The lowest BCUT2D eigenvalue weighted by Crippen LogP contribution is -2.52. The second-order valence-electron chi connectivity index (χ2n) is 14.2. The van der Waals surface area contributed by atoms with E-state index < -0.39 is 45.5 Å². The fourth-order valence-electron chi connectivity index (χ4n) is 5.45. The van der Waals surface area contributed by atoms with Gasteiger partial charge in [0.05, 0.1) is 17.2 Å². The molecule has 11 nitrogen and oxygen atoms in total. The summed E-state index contributed by atoms with van der Waals surface area (Å²) < 4.78 is 29.3. The van der Waals surface area contributed by atoms with Crippen molar-refractivity contribution in [3.63, 3.8) is 0 Å². The number of carbonyl (C=O) groups excluding carboxylic acids is 2. The van der Waals surface area contributed by atoms with E-state index in [0.717, 1.165) is 40.0 Å². The van der Waals surface area contributed by atoms with Gasteiger partial charge in [0.2, 0.25) is 5.91 Å². The Labute approximate surface area is 316 Å². The zero-order valence-corrected chi connectivity index (χ0v) is 32.7. The lowest BCUT2D eigenvalue weighted by atomic mass is 9.95. The number of nitrogens with zero attached hydrogens (tertiary/aromatic N) is 2. The molecule has 0 radical (unpaired) electrons. The molecule has 2 heterocycles. The van der Waals surface area contributed by atoms with Crippen molar-refractivity contribution in [2.24, 2.45) is 0 Å². The number of carboxylic acid groups (broad SMARTS) is 1. The van der Waals surface area contributed by atoms with Gasteiger partial charge in [-0.2, -0.15) is 0 Å². The van der Waals surface area contributed by atoms with Gasteiger partial charge in [0.25, 0.3) is 5.91 Å². The number of carbonyl (C=O) groups is 3. The van der Waals surface area contributed by atoms with Crippen molar-refractivity contribution in [3.8, 4) is 28.3 Å². The number of benzene rings is 2. The van der Waals surface area contributed by atoms with Crippen LogP contribution in [0.4, 0.5) is 0 Å². The SMILES string of the molecule is CCCCCCCOc1ccc(-c2cnc(-c3ccc(C[C@H](NC(=O)c4ccc(C(C)(C)C)s4)C(=O)NC(CCS(C)(=O)=O)C(=O)O)cc3)nc2)cc1. The lowest BCUT2D eigenvalue weighted by Gasteiger charge is -2.21. The maximum atomic E-state index is 13.5. The summed E-state index contributed by atoms with van der Waals surface area (Å²) in [6.07, 6.45) is 10.2. The molecule has 0 bridgehead atoms. The number of rotatable bonds is 19. The Balaban J connectivity index is 1.44. The normalized spacial score (nSPS) is 12.8. The molecule has 0 saturated carbocycles. The molecule has 2 aromatic heterocycles. The summed E-state index contributed by atoms with van der Waals surface area (Å²) in [4.78, 5) is 49.3. The number of hydrogen-bond donors (Lipinski definition) is 3. The highest BCUT2D eigenvalue weighted by atomic mass is 32.2. The molecular weight excluding hydrogens is 713 g/mol. The first-order valence-electron chi connectivity index (χ1n) is 17.9.